The number of amides is 1. The molecule has 0 aromatic carbocycles. The molecule has 1 amide bonds. The topological polar surface area (TPSA) is 120 Å². The molecule has 0 unspecified atom stereocenters. The summed E-state index contributed by atoms with van der Waals surface area (Å²) < 4.78 is 0. The van der Waals surface area contributed by atoms with Crippen LogP contribution in [-0.4, -0.2) is 45.3 Å². The van der Waals surface area contributed by atoms with Crippen molar-refractivity contribution < 1.29 is 4.79 Å². The number of aromatic amines is 1. The van der Waals surface area contributed by atoms with Crippen LogP contribution in [0.25, 0.3) is 0 Å². The molecule has 0 saturated carbocycles. The smallest absolute Gasteiger partial charge is 0.220 e. The van der Waals surface area contributed by atoms with Crippen LogP contribution < -0.4 is 10.6 Å². The summed E-state index contributed by atoms with van der Waals surface area (Å²) in [5.41, 5.74) is -0.990. The number of H-pyrrole nitrogens is 1. The highest BCUT2D eigenvalue weighted by atomic mass is 16.1. The van der Waals surface area contributed by atoms with Gasteiger partial charge in [-0.25, -0.2) is 0 Å². The summed E-state index contributed by atoms with van der Waals surface area (Å²) >= 11 is 0. The zero-order valence-corrected chi connectivity index (χ0v) is 12.9. The van der Waals surface area contributed by atoms with Gasteiger partial charge in [-0.3, -0.25) is 4.79 Å². The lowest BCUT2D eigenvalue weighted by molar-refractivity contribution is -0.124. The van der Waals surface area contributed by atoms with Gasteiger partial charge in [0.05, 0.1) is 0 Å². The molecule has 2 aliphatic rings. The van der Waals surface area contributed by atoms with E-state index in [9.17, 15) is 4.79 Å². The number of carbonyl (C=O) groups excluding carboxylic acids is 1. The third-order valence-corrected chi connectivity index (χ3v) is 4.41. The number of terminal acetylenes is 1. The minimum atomic E-state index is -0.556. The summed E-state index contributed by atoms with van der Waals surface area (Å²) in [5, 5.41) is 28.7. The first-order valence-electron chi connectivity index (χ1n) is 7.81. The summed E-state index contributed by atoms with van der Waals surface area (Å²) in [7, 11) is 0. The molecule has 1 fully saturated rings. The Morgan fingerprint density at radius 3 is 2.70 bits per heavy atom. The second-order valence-corrected chi connectivity index (χ2v) is 6.00. The van der Waals surface area contributed by atoms with Crippen molar-refractivity contribution in [1.29, 1.82) is 0 Å². The van der Waals surface area contributed by atoms with Crippen LogP contribution in [0.4, 0.5) is 0 Å². The number of tetrazole rings is 1. The normalized spacial score (nSPS) is 20.7. The first-order chi connectivity index (χ1) is 11.2. The molecule has 9 heteroatoms. The standard InChI is InChI=1S/C14H20N8O/c1-2-3-5-14(19-20-14)6-4-11(23)16-13(7-9-15-10-8-13)12-17-21-22-18-12/h1,15H,3-10H2,(H,16,23)(H,17,18,21,22). The quantitative estimate of drug-likeness (QED) is 0.623. The van der Waals surface area contributed by atoms with Gasteiger partial charge in [0.1, 0.15) is 5.54 Å². The van der Waals surface area contributed by atoms with Crippen LogP contribution in [0.5, 0.6) is 0 Å². The molecular weight excluding hydrogens is 296 g/mol. The first-order valence-corrected chi connectivity index (χ1v) is 7.81. The average Bonchev–Trinajstić information content (AvgIpc) is 3.11. The number of hydrogen-bond acceptors (Lipinski definition) is 7. The molecule has 1 aromatic heterocycles. The fourth-order valence-corrected chi connectivity index (χ4v) is 2.93. The van der Waals surface area contributed by atoms with Gasteiger partial charge in [0, 0.05) is 25.7 Å². The van der Waals surface area contributed by atoms with Gasteiger partial charge < -0.3 is 10.6 Å². The SMILES string of the molecule is C#CCCC1(CCC(=O)NC2(c3nn[nH]n3)CCNCC2)N=N1. The van der Waals surface area contributed by atoms with Gasteiger partial charge in [0.2, 0.25) is 5.91 Å². The van der Waals surface area contributed by atoms with Gasteiger partial charge in [-0.1, -0.05) is 5.21 Å². The highest BCUT2D eigenvalue weighted by molar-refractivity contribution is 5.77. The van der Waals surface area contributed by atoms with Gasteiger partial charge in [0.25, 0.3) is 0 Å². The van der Waals surface area contributed by atoms with Crippen molar-refractivity contribution in [1.82, 2.24) is 31.3 Å². The molecule has 0 spiro atoms. The predicted octanol–water partition coefficient (Wildman–Crippen LogP) is 0.250. The van der Waals surface area contributed by atoms with Crippen LogP contribution in [0.3, 0.4) is 0 Å². The van der Waals surface area contributed by atoms with Gasteiger partial charge in [0.15, 0.2) is 11.5 Å². The van der Waals surface area contributed by atoms with Crippen molar-refractivity contribution in [2.24, 2.45) is 10.2 Å². The Morgan fingerprint density at radius 2 is 2.09 bits per heavy atom. The Balaban J connectivity index is 1.58. The molecule has 1 saturated heterocycles. The van der Waals surface area contributed by atoms with E-state index < -0.39 is 11.2 Å². The summed E-state index contributed by atoms with van der Waals surface area (Å²) in [5.74, 6) is 3.08. The van der Waals surface area contributed by atoms with Gasteiger partial charge in [-0.05, 0) is 25.9 Å². The molecule has 0 atom stereocenters. The molecule has 0 radical (unpaired) electrons. The number of aromatic nitrogens is 4. The number of piperidine rings is 1. The van der Waals surface area contributed by atoms with E-state index in [4.69, 9.17) is 6.42 Å². The number of rotatable bonds is 7. The zero-order chi connectivity index (χ0) is 16.2. The second-order valence-electron chi connectivity index (χ2n) is 6.00. The molecule has 3 heterocycles. The molecule has 3 N–H and O–H groups in total. The third kappa shape index (κ3) is 3.53. The van der Waals surface area contributed by atoms with Crippen LogP contribution in [0.2, 0.25) is 0 Å². The van der Waals surface area contributed by atoms with E-state index in [2.05, 4.69) is 47.4 Å². The van der Waals surface area contributed by atoms with E-state index in [1.165, 1.54) is 0 Å². The van der Waals surface area contributed by atoms with Crippen LogP contribution in [0, 0.1) is 12.3 Å². The molecular formula is C14H20N8O. The van der Waals surface area contributed by atoms with Crippen molar-refractivity contribution in [3.63, 3.8) is 0 Å². The fourth-order valence-electron chi connectivity index (χ4n) is 2.93. The molecule has 2 aliphatic heterocycles. The minimum Gasteiger partial charge on any atom is -0.343 e. The van der Waals surface area contributed by atoms with E-state index in [1.807, 2.05) is 0 Å². The van der Waals surface area contributed by atoms with Crippen LogP contribution in [0.1, 0.15) is 44.3 Å². The number of carbonyl (C=O) groups is 1. The van der Waals surface area contributed by atoms with E-state index in [-0.39, 0.29) is 5.91 Å². The largest absolute Gasteiger partial charge is 0.343 e. The first kappa shape index (κ1) is 15.6. The Hall–Kier alpha value is -2.34. The number of hydrogen-bond donors (Lipinski definition) is 3. The van der Waals surface area contributed by atoms with Crippen LogP contribution >= 0.6 is 0 Å². The highest BCUT2D eigenvalue weighted by Crippen LogP contribution is 2.37. The van der Waals surface area contributed by atoms with E-state index in [0.717, 1.165) is 25.9 Å². The van der Waals surface area contributed by atoms with Crippen molar-refractivity contribution in [2.45, 2.75) is 49.7 Å². The molecule has 9 nitrogen and oxygen atoms in total. The highest BCUT2D eigenvalue weighted by Gasteiger charge is 2.42. The van der Waals surface area contributed by atoms with Gasteiger partial charge in [-0.2, -0.15) is 15.4 Å². The molecule has 3 rings (SSSR count). The summed E-state index contributed by atoms with van der Waals surface area (Å²) in [4.78, 5) is 12.4. The Bertz CT molecular complexity index is 605. The van der Waals surface area contributed by atoms with E-state index in [0.29, 0.717) is 31.5 Å². The van der Waals surface area contributed by atoms with E-state index >= 15 is 0 Å². The lowest BCUT2D eigenvalue weighted by atomic mass is 9.87. The summed E-state index contributed by atoms with van der Waals surface area (Å²) in [6.45, 7) is 1.59. The van der Waals surface area contributed by atoms with Crippen molar-refractivity contribution in [2.75, 3.05) is 13.1 Å². The predicted molar refractivity (Wildman–Crippen MR) is 81.0 cm³/mol. The number of nitrogens with zero attached hydrogens (tertiary/aromatic N) is 5. The van der Waals surface area contributed by atoms with Crippen molar-refractivity contribution >= 4 is 5.91 Å². The average molecular weight is 316 g/mol. The fraction of sp³-hybridized carbons (Fsp3) is 0.714. The zero-order valence-electron chi connectivity index (χ0n) is 12.9. The third-order valence-electron chi connectivity index (χ3n) is 4.41. The maximum absolute atomic E-state index is 12.4. The molecule has 122 valence electrons. The maximum Gasteiger partial charge on any atom is 0.220 e. The number of nitrogens with one attached hydrogen (secondary N) is 3. The molecule has 1 aromatic rings. The van der Waals surface area contributed by atoms with Gasteiger partial charge >= 0.3 is 0 Å². The lowest BCUT2D eigenvalue weighted by Crippen LogP contribution is -2.53. The molecule has 0 aliphatic carbocycles. The molecule has 23 heavy (non-hydrogen) atoms. The summed E-state index contributed by atoms with van der Waals surface area (Å²) in [6.07, 6.45) is 9.00. The minimum absolute atomic E-state index is 0.0471. The Morgan fingerprint density at radius 1 is 1.30 bits per heavy atom. The monoisotopic (exact) mass is 316 g/mol. The van der Waals surface area contributed by atoms with Crippen LogP contribution in [0.15, 0.2) is 10.2 Å². The van der Waals surface area contributed by atoms with Crippen molar-refractivity contribution in [3.05, 3.63) is 5.82 Å². The van der Waals surface area contributed by atoms with Gasteiger partial charge in [-0.15, -0.1) is 22.5 Å². The van der Waals surface area contributed by atoms with Crippen LogP contribution in [-0.2, 0) is 10.3 Å². The lowest BCUT2D eigenvalue weighted by Gasteiger charge is -2.35. The van der Waals surface area contributed by atoms with E-state index in [1.54, 1.807) is 0 Å². The maximum atomic E-state index is 12.4. The molecule has 0 bridgehead atoms. The van der Waals surface area contributed by atoms with Crippen molar-refractivity contribution in [3.8, 4) is 12.3 Å². The Labute approximate surface area is 134 Å². The Kier molecular flexibility index (Phi) is 4.34. The summed E-state index contributed by atoms with van der Waals surface area (Å²) in [6, 6.07) is 0. The second kappa shape index (κ2) is 6.42.